The van der Waals surface area contributed by atoms with Gasteiger partial charge in [0.1, 0.15) is 234 Å². The van der Waals surface area contributed by atoms with Gasteiger partial charge in [0.2, 0.25) is 0 Å². The zero-order valence-electron chi connectivity index (χ0n) is 62.4. The molecule has 122 heavy (non-hydrogen) atoms. The third-order valence-electron chi connectivity index (χ3n) is 22.4. The Morgan fingerprint density at radius 1 is 0.262 bits per heavy atom. The Bertz CT molecular complexity index is 6400. The maximum atomic E-state index is 12.8. The number of hydrogen-bond donors (Lipinski definition) is 22. The van der Waals surface area contributed by atoms with Crippen LogP contribution in [0.15, 0.2) is 170 Å². The van der Waals surface area contributed by atoms with E-state index in [4.69, 9.17) is 55.6 Å². The highest BCUT2D eigenvalue weighted by Gasteiger charge is 2.57. The van der Waals surface area contributed by atoms with Gasteiger partial charge in [0.05, 0.1) is 48.7 Å². The summed E-state index contributed by atoms with van der Waals surface area (Å²) in [5, 5.41) is 220. The molecule has 0 aliphatic carbocycles. The van der Waals surface area contributed by atoms with E-state index in [9.17, 15) is 132 Å². The van der Waals surface area contributed by atoms with E-state index in [2.05, 4.69) is 0 Å². The predicted octanol–water partition coefficient (Wildman–Crippen LogP) is 2.56. The molecule has 0 amide bonds. The van der Waals surface area contributed by atoms with Gasteiger partial charge in [-0.05, 0) is 66.7 Å². The van der Waals surface area contributed by atoms with Gasteiger partial charge in [-0.2, -0.15) is 0 Å². The molecule has 0 unspecified atom stereocenters. The number of phenols is 10. The number of aliphatic hydroxyl groups is 12. The molecular formula is C84H72O38. The van der Waals surface area contributed by atoms with Crippen molar-refractivity contribution < 1.29 is 168 Å². The van der Waals surface area contributed by atoms with Crippen LogP contribution in [0.4, 0.5) is 0 Å². The quantitative estimate of drug-likeness (QED) is 0.0972. The zero-order valence-corrected chi connectivity index (χ0v) is 62.4. The maximum absolute atomic E-state index is 12.8. The Kier molecular flexibility index (Phi) is 20.9. The second kappa shape index (κ2) is 31.3. The van der Waals surface area contributed by atoms with Crippen LogP contribution in [0.2, 0.25) is 0 Å². The molecule has 12 heterocycles. The lowest BCUT2D eigenvalue weighted by molar-refractivity contribution is -0.215. The summed E-state index contributed by atoms with van der Waals surface area (Å²) in [6.45, 7) is -2.20. The summed E-state index contributed by atoms with van der Waals surface area (Å²) in [4.78, 5) is 51.2. The minimum atomic E-state index is -1.40. The number of fused-ring (bicyclic) bond motifs is 16. The summed E-state index contributed by atoms with van der Waals surface area (Å²) in [5.41, 5.74) is -0.0451. The molecule has 22 N–H and O–H groups in total. The maximum Gasteiger partial charge on any atom is 0.197 e. The molecule has 0 bridgehead atoms. The fourth-order valence-electron chi connectivity index (χ4n) is 16.3. The topological polar surface area (TPSA) is 640 Å². The molecule has 0 spiro atoms. The number of rotatable bonds is 8. The molecule has 4 aromatic heterocycles. The lowest BCUT2D eigenvalue weighted by Crippen LogP contribution is -2.55. The predicted molar refractivity (Wildman–Crippen MR) is 413 cm³/mol. The Labute approximate surface area is 680 Å². The number of phenolic OH excluding ortho intramolecular Hbond substituents is 10. The first-order valence-corrected chi connectivity index (χ1v) is 37.5. The van der Waals surface area contributed by atoms with Crippen LogP contribution in [0.1, 0.15) is 46.7 Å². The first-order valence-electron chi connectivity index (χ1n) is 37.5. The van der Waals surface area contributed by atoms with E-state index in [0.29, 0.717) is 16.7 Å². The van der Waals surface area contributed by atoms with Gasteiger partial charge in [0.15, 0.2) is 57.6 Å². The molecule has 8 aliphatic rings. The second-order valence-corrected chi connectivity index (χ2v) is 29.8. The zero-order chi connectivity index (χ0) is 86.4. The number of ether oxygens (including phenoxy) is 8. The van der Waals surface area contributed by atoms with Crippen molar-refractivity contribution >= 4 is 43.9 Å². The van der Waals surface area contributed by atoms with Crippen LogP contribution in [0.25, 0.3) is 89.2 Å². The first kappa shape index (κ1) is 81.5. The Balaban J connectivity index is 0.000000116. The van der Waals surface area contributed by atoms with Gasteiger partial charge in [0.25, 0.3) is 0 Å². The smallest absolute Gasteiger partial charge is 0.197 e. The monoisotopic (exact) mass is 1690 g/mol. The summed E-state index contributed by atoms with van der Waals surface area (Å²) in [7, 11) is 0. The van der Waals surface area contributed by atoms with Crippen molar-refractivity contribution in [1.82, 2.24) is 0 Å². The molecular weight excluding hydrogens is 1620 g/mol. The normalized spacial score (nSPS) is 27.2. The van der Waals surface area contributed by atoms with Crippen LogP contribution in [-0.4, -0.2) is 236 Å². The lowest BCUT2D eigenvalue weighted by Gasteiger charge is -2.38. The van der Waals surface area contributed by atoms with Crippen LogP contribution in [0, 0.1) is 0 Å². The highest BCUT2D eigenvalue weighted by atomic mass is 16.6. The van der Waals surface area contributed by atoms with Crippen molar-refractivity contribution in [2.75, 3.05) is 26.4 Å². The van der Waals surface area contributed by atoms with Crippen LogP contribution < -0.4 is 40.7 Å². The molecule has 0 saturated carbocycles. The first-order chi connectivity index (χ1) is 58.3. The molecule has 38 heteroatoms. The number of benzene rings is 8. The molecule has 8 aliphatic heterocycles. The third kappa shape index (κ3) is 13.8. The van der Waals surface area contributed by atoms with Crippen molar-refractivity contribution in [1.29, 1.82) is 0 Å². The fraction of sp³-hybridized carbons (Fsp3) is 0.286. The lowest BCUT2D eigenvalue weighted by atomic mass is 9.92. The summed E-state index contributed by atoms with van der Waals surface area (Å²) in [6, 6.07) is 30.1. The molecule has 4 saturated heterocycles. The minimum Gasteiger partial charge on any atom is -0.508 e. The number of aromatic hydroxyl groups is 10. The average molecular weight is 1690 g/mol. The molecule has 0 radical (unpaired) electrons. The number of hydrogen-bond acceptors (Lipinski definition) is 38. The van der Waals surface area contributed by atoms with Gasteiger partial charge >= 0.3 is 0 Å². The van der Waals surface area contributed by atoms with E-state index in [0.717, 1.165) is 18.2 Å². The van der Waals surface area contributed by atoms with Gasteiger partial charge in [0, 0.05) is 76.9 Å². The highest BCUT2D eigenvalue weighted by Crippen LogP contribution is 2.56. The summed E-state index contributed by atoms with van der Waals surface area (Å²) in [5.74, 6) is -1.86. The molecule has 636 valence electrons. The van der Waals surface area contributed by atoms with Crippen LogP contribution >= 0.6 is 0 Å². The Morgan fingerprint density at radius 3 is 0.852 bits per heavy atom. The molecule has 20 rings (SSSR count). The summed E-state index contributed by atoms with van der Waals surface area (Å²) >= 11 is 0. The Hall–Kier alpha value is -12.8. The standard InChI is InChI=1S/2C21H18O10.2C21H18O9/c22-6-14-17(26)19(28)21-20(31-14)16-13(30-21)5-12-15(18(16)27)10(25)4-11(29-12)7-1-8(23)3-9(24)2-7;22-6-14-17(26)19(28)21-20(31-14)16-13(30-21)5-12-15(18(16)27)10(25)4-11(29-12)7-1-2-8(23)9(24)3-7;22-7-14-17(25)19(27)21-20(30-14)16-13(29-21)6-12-15(18(16)26)10(24)5-11(28-12)8-1-3-9(23)4-2-8;22-7-14-17(25)19(27)21-20(30-14)16-13(29-21)6-12-15(18(16)26)10(24)5-11(28-12)8-2-1-3-9(23)4-8/h2*1-5,14,17,19-24,26-28H,6H2;2*1-6,14,17,19-23,25-27H,7H2/t4*14-,17-,19+,20+,21+/m1111/s1. The van der Waals surface area contributed by atoms with Gasteiger partial charge in [-0.15, -0.1) is 0 Å². The second-order valence-electron chi connectivity index (χ2n) is 29.8. The molecule has 38 nitrogen and oxygen atoms in total. The van der Waals surface area contributed by atoms with E-state index in [1.807, 2.05) is 0 Å². The summed E-state index contributed by atoms with van der Waals surface area (Å²) < 4.78 is 68.4. The molecule has 8 aromatic carbocycles. The van der Waals surface area contributed by atoms with Gasteiger partial charge in [-0.3, -0.25) is 19.2 Å². The van der Waals surface area contributed by atoms with Crippen molar-refractivity contribution in [2.24, 2.45) is 0 Å². The molecule has 20 atom stereocenters. The van der Waals surface area contributed by atoms with Crippen molar-refractivity contribution in [3.63, 3.8) is 0 Å². The van der Waals surface area contributed by atoms with Crippen LogP contribution in [0.5, 0.6) is 80.5 Å². The third-order valence-corrected chi connectivity index (χ3v) is 22.4. The Morgan fingerprint density at radius 2 is 0.549 bits per heavy atom. The SMILES string of the molecule is O=c1cc(-c2cc(O)cc(O)c2)oc2cc3c(c(O)c12)[C@@H]1O[C@H](CO)[C@@H](O)[C@H](O)[C@@H]1O3.O=c1cc(-c2ccc(O)c(O)c2)oc2cc3c(c(O)c12)[C@@H]1O[C@H](CO)[C@@H](O)[C@H](O)[C@@H]1O3.O=c1cc(-c2ccc(O)cc2)oc2cc3c(c(O)c12)[C@@H]1O[C@H](CO)[C@@H](O)[C@H](O)[C@@H]1O3.O=c1cc(-c2cccc(O)c2)oc2cc3c(c(O)c12)[C@@H]1O[C@H](CO)[C@@H](O)[C@H](O)[C@@H]1O3. The van der Waals surface area contributed by atoms with Crippen LogP contribution in [-0.2, 0) is 18.9 Å². The van der Waals surface area contributed by atoms with E-state index >= 15 is 0 Å². The highest BCUT2D eigenvalue weighted by molar-refractivity contribution is 5.92. The average Bonchev–Trinajstić information content (AvgIpc) is 1.59. The number of aliphatic hydroxyl groups excluding tert-OH is 12. The van der Waals surface area contributed by atoms with E-state index in [1.165, 1.54) is 91.0 Å². The van der Waals surface area contributed by atoms with E-state index < -0.39 is 199 Å². The van der Waals surface area contributed by atoms with E-state index in [1.54, 1.807) is 24.3 Å². The molecule has 12 aromatic rings. The minimum absolute atomic E-state index is 0.00240. The van der Waals surface area contributed by atoms with Crippen LogP contribution in [0.3, 0.4) is 0 Å². The molecule has 4 fully saturated rings. The largest absolute Gasteiger partial charge is 0.508 e. The van der Waals surface area contributed by atoms with Gasteiger partial charge in [-0.1, -0.05) is 12.1 Å². The van der Waals surface area contributed by atoms with Crippen molar-refractivity contribution in [3.8, 4) is 126 Å². The fourth-order valence-corrected chi connectivity index (χ4v) is 16.3. The van der Waals surface area contributed by atoms with Crippen molar-refractivity contribution in [3.05, 3.63) is 197 Å². The van der Waals surface area contributed by atoms with Crippen molar-refractivity contribution in [2.45, 2.75) is 122 Å². The van der Waals surface area contributed by atoms with Gasteiger partial charge < -0.3 is 168 Å². The summed E-state index contributed by atoms with van der Waals surface area (Å²) in [6.07, 6.45) is -23.6. The van der Waals surface area contributed by atoms with E-state index in [-0.39, 0.29) is 146 Å². The van der Waals surface area contributed by atoms with Gasteiger partial charge in [-0.25, -0.2) is 0 Å².